The van der Waals surface area contributed by atoms with Crippen molar-refractivity contribution >= 4 is 34.0 Å². The molecule has 8 nitrogen and oxygen atoms in total. The lowest BCUT2D eigenvalue weighted by Gasteiger charge is -2.27. The molecule has 1 aliphatic rings. The van der Waals surface area contributed by atoms with Crippen LogP contribution in [-0.2, 0) is 4.79 Å². The lowest BCUT2D eigenvalue weighted by Crippen LogP contribution is -2.34. The number of amides is 1. The molecule has 5 rings (SSSR count). The van der Waals surface area contributed by atoms with Gasteiger partial charge in [-0.25, -0.2) is 9.78 Å². The summed E-state index contributed by atoms with van der Waals surface area (Å²) in [4.78, 5) is 41.8. The second-order valence-electron chi connectivity index (χ2n) is 8.68. The van der Waals surface area contributed by atoms with Crippen molar-refractivity contribution in [2.75, 3.05) is 18.8 Å². The van der Waals surface area contributed by atoms with E-state index in [1.807, 2.05) is 35.2 Å². The summed E-state index contributed by atoms with van der Waals surface area (Å²) in [6.45, 7) is 1.23. The van der Waals surface area contributed by atoms with Gasteiger partial charge in [-0.15, -0.1) is 0 Å². The van der Waals surface area contributed by atoms with Crippen LogP contribution in [0.5, 0.6) is 0 Å². The van der Waals surface area contributed by atoms with Gasteiger partial charge in [0.05, 0.1) is 0 Å². The Morgan fingerprint density at radius 3 is 2.23 bits per heavy atom. The Kier molecular flexibility index (Phi) is 7.80. The van der Waals surface area contributed by atoms with Crippen LogP contribution in [0.1, 0.15) is 22.3 Å². The standard InChI is InChI=1S/C26H22N4O2.C2HF3O2/c27-25-23-15-21(6-3-19(23)9-12-28-25)18-10-13-30(14-11-18)26(32)20-4-1-17(2-5-20)22-7-8-24(31)29-16-22;3-2(4,5)1(6)7/h1-10,12,15-16H,11,13-14H2,(H2,27,28)(H,29,31);(H,6,7). The SMILES string of the molecule is Nc1nccc2ccc(C3=CCN(C(=O)c4ccc(-c5ccc(=O)[nH]c5)cc4)CC3)cc12.O=C(O)C(F)(F)F. The van der Waals surface area contributed by atoms with E-state index in [2.05, 4.69) is 34.2 Å². The Morgan fingerprint density at radius 1 is 0.974 bits per heavy atom. The number of alkyl halides is 3. The highest BCUT2D eigenvalue weighted by atomic mass is 19.4. The molecule has 0 spiro atoms. The molecule has 3 heterocycles. The van der Waals surface area contributed by atoms with Crippen molar-refractivity contribution in [2.24, 2.45) is 0 Å². The zero-order chi connectivity index (χ0) is 28.2. The first-order chi connectivity index (χ1) is 18.5. The highest BCUT2D eigenvalue weighted by Crippen LogP contribution is 2.28. The van der Waals surface area contributed by atoms with Crippen molar-refractivity contribution in [1.82, 2.24) is 14.9 Å². The Bertz CT molecular complexity index is 1590. The maximum atomic E-state index is 13.0. The molecule has 4 N–H and O–H groups in total. The van der Waals surface area contributed by atoms with Crippen LogP contribution in [-0.4, -0.2) is 51.1 Å². The molecule has 1 amide bonds. The van der Waals surface area contributed by atoms with Crippen LogP contribution in [0, 0.1) is 0 Å². The number of carbonyl (C=O) groups excluding carboxylic acids is 1. The molecule has 0 unspecified atom stereocenters. The number of carbonyl (C=O) groups is 2. The third-order valence-corrected chi connectivity index (χ3v) is 6.16. The number of aromatic nitrogens is 2. The number of halogens is 3. The monoisotopic (exact) mass is 536 g/mol. The van der Waals surface area contributed by atoms with Crippen molar-refractivity contribution in [3.8, 4) is 11.1 Å². The first kappa shape index (κ1) is 27.1. The number of pyridine rings is 2. The molecule has 1 aliphatic heterocycles. The van der Waals surface area contributed by atoms with Gasteiger partial charge in [-0.05, 0) is 64.4 Å². The molecule has 0 saturated heterocycles. The third kappa shape index (κ3) is 6.50. The smallest absolute Gasteiger partial charge is 0.475 e. The van der Waals surface area contributed by atoms with Crippen LogP contribution in [0.2, 0.25) is 0 Å². The molecule has 2 aromatic carbocycles. The second kappa shape index (κ2) is 11.2. The van der Waals surface area contributed by atoms with Gasteiger partial charge >= 0.3 is 12.1 Å². The number of aliphatic carboxylic acids is 1. The van der Waals surface area contributed by atoms with Gasteiger partial charge in [-0.2, -0.15) is 13.2 Å². The number of fused-ring (bicyclic) bond motifs is 1. The quantitative estimate of drug-likeness (QED) is 0.347. The van der Waals surface area contributed by atoms with Crippen LogP contribution in [0.15, 0.2) is 83.9 Å². The highest BCUT2D eigenvalue weighted by molar-refractivity contribution is 5.96. The van der Waals surface area contributed by atoms with E-state index in [1.54, 1.807) is 18.5 Å². The molecule has 0 saturated carbocycles. The fourth-order valence-electron chi connectivity index (χ4n) is 4.08. The predicted octanol–water partition coefficient (Wildman–Crippen LogP) is 4.74. The number of nitrogens with one attached hydrogen (secondary N) is 1. The summed E-state index contributed by atoms with van der Waals surface area (Å²) in [5.74, 6) is -2.21. The molecule has 4 aromatic rings. The van der Waals surface area contributed by atoms with Crippen molar-refractivity contribution in [2.45, 2.75) is 12.6 Å². The summed E-state index contributed by atoms with van der Waals surface area (Å²) in [7, 11) is 0. The minimum Gasteiger partial charge on any atom is -0.475 e. The minimum absolute atomic E-state index is 0.0141. The number of carboxylic acid groups (broad SMARTS) is 1. The average molecular weight is 537 g/mol. The van der Waals surface area contributed by atoms with Crippen molar-refractivity contribution in [3.05, 3.63) is 101 Å². The van der Waals surface area contributed by atoms with E-state index in [4.69, 9.17) is 15.6 Å². The predicted molar refractivity (Wildman–Crippen MR) is 141 cm³/mol. The van der Waals surface area contributed by atoms with Gasteiger partial charge in [0, 0.05) is 42.5 Å². The summed E-state index contributed by atoms with van der Waals surface area (Å²) in [5, 5.41) is 9.15. The molecule has 200 valence electrons. The van der Waals surface area contributed by atoms with E-state index < -0.39 is 12.1 Å². The van der Waals surface area contributed by atoms with Gasteiger partial charge in [-0.3, -0.25) is 9.59 Å². The minimum atomic E-state index is -5.08. The van der Waals surface area contributed by atoms with Crippen molar-refractivity contribution in [3.63, 3.8) is 0 Å². The molecule has 39 heavy (non-hydrogen) atoms. The number of benzene rings is 2. The normalized spacial score (nSPS) is 13.3. The van der Waals surface area contributed by atoms with Gasteiger partial charge in [0.1, 0.15) is 5.82 Å². The van der Waals surface area contributed by atoms with E-state index in [-0.39, 0.29) is 11.5 Å². The van der Waals surface area contributed by atoms with E-state index in [0.29, 0.717) is 24.5 Å². The molecule has 11 heteroatoms. The van der Waals surface area contributed by atoms with Crippen LogP contribution in [0.4, 0.5) is 19.0 Å². The lowest BCUT2D eigenvalue weighted by atomic mass is 9.96. The molecule has 0 atom stereocenters. The van der Waals surface area contributed by atoms with Gasteiger partial charge in [0.25, 0.3) is 5.91 Å². The summed E-state index contributed by atoms with van der Waals surface area (Å²) < 4.78 is 31.7. The van der Waals surface area contributed by atoms with Crippen LogP contribution in [0.3, 0.4) is 0 Å². The number of nitrogens with two attached hydrogens (primary N) is 1. The largest absolute Gasteiger partial charge is 0.490 e. The summed E-state index contributed by atoms with van der Waals surface area (Å²) in [6, 6.07) is 18.9. The molecule has 0 bridgehead atoms. The summed E-state index contributed by atoms with van der Waals surface area (Å²) >= 11 is 0. The average Bonchev–Trinajstić information content (AvgIpc) is 2.93. The van der Waals surface area contributed by atoms with E-state index in [0.717, 1.165) is 33.9 Å². The number of anilines is 1. The lowest BCUT2D eigenvalue weighted by molar-refractivity contribution is -0.192. The highest BCUT2D eigenvalue weighted by Gasteiger charge is 2.38. The van der Waals surface area contributed by atoms with E-state index in [1.165, 1.54) is 11.6 Å². The van der Waals surface area contributed by atoms with E-state index >= 15 is 0 Å². The fraction of sp³-hybridized carbons (Fsp3) is 0.143. The van der Waals surface area contributed by atoms with Crippen LogP contribution in [0.25, 0.3) is 27.5 Å². The first-order valence-corrected chi connectivity index (χ1v) is 11.7. The van der Waals surface area contributed by atoms with Crippen molar-refractivity contribution < 1.29 is 27.9 Å². The fourth-order valence-corrected chi connectivity index (χ4v) is 4.08. The number of H-pyrrole nitrogens is 1. The van der Waals surface area contributed by atoms with Gasteiger partial charge in [0.2, 0.25) is 5.56 Å². The third-order valence-electron chi connectivity index (χ3n) is 6.16. The number of hydrogen-bond acceptors (Lipinski definition) is 5. The number of aromatic amines is 1. The Labute approximate surface area is 220 Å². The molecule has 0 aliphatic carbocycles. The first-order valence-electron chi connectivity index (χ1n) is 11.7. The molecular weight excluding hydrogens is 513 g/mol. The molecule has 0 radical (unpaired) electrons. The van der Waals surface area contributed by atoms with Crippen LogP contribution >= 0.6 is 0 Å². The number of hydrogen-bond donors (Lipinski definition) is 3. The Hall–Kier alpha value is -4.93. The number of nitrogens with zero attached hydrogens (tertiary/aromatic N) is 2. The Morgan fingerprint density at radius 2 is 1.64 bits per heavy atom. The second-order valence-corrected chi connectivity index (χ2v) is 8.68. The molecular formula is C28H23F3N4O4. The topological polar surface area (TPSA) is 129 Å². The number of nitrogen functional groups attached to an aromatic ring is 1. The maximum Gasteiger partial charge on any atom is 0.490 e. The molecule has 2 aromatic heterocycles. The van der Waals surface area contributed by atoms with Crippen molar-refractivity contribution in [1.29, 1.82) is 0 Å². The van der Waals surface area contributed by atoms with E-state index in [9.17, 15) is 22.8 Å². The van der Waals surface area contributed by atoms with Gasteiger partial charge < -0.3 is 20.7 Å². The zero-order valence-electron chi connectivity index (χ0n) is 20.4. The van der Waals surface area contributed by atoms with Crippen LogP contribution < -0.4 is 11.3 Å². The van der Waals surface area contributed by atoms with Gasteiger partial charge in [0.15, 0.2) is 0 Å². The van der Waals surface area contributed by atoms with Gasteiger partial charge in [-0.1, -0.05) is 30.3 Å². The number of rotatable bonds is 3. The summed E-state index contributed by atoms with van der Waals surface area (Å²) in [6.07, 6.45) is 1.21. The zero-order valence-corrected chi connectivity index (χ0v) is 20.4. The summed E-state index contributed by atoms with van der Waals surface area (Å²) in [5.41, 5.74) is 10.7. The maximum absolute atomic E-state index is 13.0. The number of carboxylic acids is 1. The Balaban J connectivity index is 0.000000448. The molecule has 0 fully saturated rings.